The SMILES string of the molecule is CCCNC(=O)CCC(C)OC. The van der Waals surface area contributed by atoms with Crippen molar-refractivity contribution in [3.8, 4) is 0 Å². The third-order valence-corrected chi connectivity index (χ3v) is 1.75. The van der Waals surface area contributed by atoms with E-state index in [9.17, 15) is 4.79 Å². The predicted octanol–water partition coefficient (Wildman–Crippen LogP) is 1.33. The van der Waals surface area contributed by atoms with E-state index in [4.69, 9.17) is 4.74 Å². The van der Waals surface area contributed by atoms with Gasteiger partial charge in [0.15, 0.2) is 0 Å². The van der Waals surface area contributed by atoms with E-state index in [1.807, 2.05) is 13.8 Å². The second-order valence-corrected chi connectivity index (χ2v) is 2.93. The van der Waals surface area contributed by atoms with Gasteiger partial charge in [0.1, 0.15) is 0 Å². The molecular formula is C9H19NO2. The highest BCUT2D eigenvalue weighted by Gasteiger charge is 2.03. The molecule has 1 N–H and O–H groups in total. The highest BCUT2D eigenvalue weighted by Crippen LogP contribution is 1.99. The van der Waals surface area contributed by atoms with Crippen LogP contribution in [0.4, 0.5) is 0 Å². The fraction of sp³-hybridized carbons (Fsp3) is 0.889. The number of hydrogen-bond acceptors (Lipinski definition) is 2. The highest BCUT2D eigenvalue weighted by atomic mass is 16.5. The van der Waals surface area contributed by atoms with Gasteiger partial charge in [-0.15, -0.1) is 0 Å². The quantitative estimate of drug-likeness (QED) is 0.658. The van der Waals surface area contributed by atoms with E-state index in [1.165, 1.54) is 0 Å². The van der Waals surface area contributed by atoms with Crippen LogP contribution in [0.1, 0.15) is 33.1 Å². The lowest BCUT2D eigenvalue weighted by molar-refractivity contribution is -0.121. The van der Waals surface area contributed by atoms with Crippen LogP contribution in [0.2, 0.25) is 0 Å². The molecule has 0 heterocycles. The van der Waals surface area contributed by atoms with Gasteiger partial charge in [0.05, 0.1) is 6.10 Å². The van der Waals surface area contributed by atoms with E-state index in [-0.39, 0.29) is 12.0 Å². The van der Waals surface area contributed by atoms with Gasteiger partial charge in [0, 0.05) is 20.1 Å². The molecule has 0 fully saturated rings. The number of hydrogen-bond donors (Lipinski definition) is 1. The van der Waals surface area contributed by atoms with Crippen LogP contribution in [0.25, 0.3) is 0 Å². The topological polar surface area (TPSA) is 38.3 Å². The lowest BCUT2D eigenvalue weighted by Crippen LogP contribution is -2.24. The van der Waals surface area contributed by atoms with E-state index in [0.717, 1.165) is 19.4 Å². The molecule has 0 aliphatic rings. The summed E-state index contributed by atoms with van der Waals surface area (Å²) in [5.41, 5.74) is 0. The molecule has 0 spiro atoms. The first-order valence-corrected chi connectivity index (χ1v) is 4.50. The second-order valence-electron chi connectivity index (χ2n) is 2.93. The van der Waals surface area contributed by atoms with E-state index in [0.29, 0.717) is 6.42 Å². The number of methoxy groups -OCH3 is 1. The Morgan fingerprint density at radius 1 is 1.58 bits per heavy atom. The third kappa shape index (κ3) is 6.16. The molecule has 0 aromatic heterocycles. The molecule has 0 aliphatic carbocycles. The van der Waals surface area contributed by atoms with Gasteiger partial charge in [-0.3, -0.25) is 4.79 Å². The summed E-state index contributed by atoms with van der Waals surface area (Å²) in [7, 11) is 1.66. The van der Waals surface area contributed by atoms with Gasteiger partial charge in [-0.1, -0.05) is 6.92 Å². The summed E-state index contributed by atoms with van der Waals surface area (Å²) >= 11 is 0. The molecule has 0 saturated heterocycles. The Labute approximate surface area is 74.5 Å². The Morgan fingerprint density at radius 3 is 2.75 bits per heavy atom. The van der Waals surface area contributed by atoms with Crippen molar-refractivity contribution in [1.82, 2.24) is 5.32 Å². The predicted molar refractivity (Wildman–Crippen MR) is 49.0 cm³/mol. The Bertz CT molecular complexity index is 126. The van der Waals surface area contributed by atoms with Gasteiger partial charge in [0.2, 0.25) is 5.91 Å². The first kappa shape index (κ1) is 11.4. The molecule has 72 valence electrons. The Hall–Kier alpha value is -0.570. The number of rotatable bonds is 6. The number of nitrogens with one attached hydrogen (secondary N) is 1. The third-order valence-electron chi connectivity index (χ3n) is 1.75. The summed E-state index contributed by atoms with van der Waals surface area (Å²) in [5, 5.41) is 2.82. The molecule has 0 bridgehead atoms. The molecule has 0 saturated carbocycles. The average Bonchev–Trinajstić information content (AvgIpc) is 2.10. The zero-order valence-electron chi connectivity index (χ0n) is 8.22. The lowest BCUT2D eigenvalue weighted by Gasteiger charge is -2.08. The number of carbonyl (C=O) groups is 1. The summed E-state index contributed by atoms with van der Waals surface area (Å²) in [6, 6.07) is 0. The second kappa shape index (κ2) is 7.10. The number of carbonyl (C=O) groups excluding carboxylic acids is 1. The summed E-state index contributed by atoms with van der Waals surface area (Å²) in [5.74, 6) is 0.126. The fourth-order valence-corrected chi connectivity index (χ4v) is 0.805. The summed E-state index contributed by atoms with van der Waals surface area (Å²) in [6.07, 6.45) is 2.53. The molecule has 3 nitrogen and oxygen atoms in total. The van der Waals surface area contributed by atoms with Crippen molar-refractivity contribution in [2.45, 2.75) is 39.2 Å². The fourth-order valence-electron chi connectivity index (χ4n) is 0.805. The molecule has 0 radical (unpaired) electrons. The van der Waals surface area contributed by atoms with Gasteiger partial charge in [0.25, 0.3) is 0 Å². The van der Waals surface area contributed by atoms with Crippen LogP contribution in [0.15, 0.2) is 0 Å². The van der Waals surface area contributed by atoms with Crippen LogP contribution in [0, 0.1) is 0 Å². The summed E-state index contributed by atoms with van der Waals surface area (Å²) in [4.78, 5) is 11.1. The van der Waals surface area contributed by atoms with Gasteiger partial charge >= 0.3 is 0 Å². The zero-order chi connectivity index (χ0) is 9.40. The smallest absolute Gasteiger partial charge is 0.220 e. The van der Waals surface area contributed by atoms with Crippen molar-refractivity contribution in [2.24, 2.45) is 0 Å². The maximum Gasteiger partial charge on any atom is 0.220 e. The highest BCUT2D eigenvalue weighted by molar-refractivity contribution is 5.75. The maximum absolute atomic E-state index is 11.1. The first-order valence-electron chi connectivity index (χ1n) is 4.50. The summed E-state index contributed by atoms with van der Waals surface area (Å²) in [6.45, 7) is 4.78. The van der Waals surface area contributed by atoms with Crippen LogP contribution in [0.5, 0.6) is 0 Å². The number of amides is 1. The van der Waals surface area contributed by atoms with Gasteiger partial charge < -0.3 is 10.1 Å². The number of ether oxygens (including phenoxy) is 1. The van der Waals surface area contributed by atoms with Crippen LogP contribution in [0.3, 0.4) is 0 Å². The molecule has 3 heteroatoms. The van der Waals surface area contributed by atoms with Gasteiger partial charge in [-0.2, -0.15) is 0 Å². The van der Waals surface area contributed by atoms with E-state index >= 15 is 0 Å². The Morgan fingerprint density at radius 2 is 2.25 bits per heavy atom. The Kier molecular flexibility index (Phi) is 6.76. The maximum atomic E-state index is 11.1. The minimum absolute atomic E-state index is 0.126. The molecule has 0 aromatic carbocycles. The molecule has 0 rings (SSSR count). The van der Waals surface area contributed by atoms with Crippen LogP contribution >= 0.6 is 0 Å². The van der Waals surface area contributed by atoms with Crippen molar-refractivity contribution < 1.29 is 9.53 Å². The molecule has 1 atom stereocenters. The van der Waals surface area contributed by atoms with E-state index in [2.05, 4.69) is 5.32 Å². The van der Waals surface area contributed by atoms with Crippen molar-refractivity contribution in [1.29, 1.82) is 0 Å². The standard InChI is InChI=1S/C9H19NO2/c1-4-7-10-9(11)6-5-8(2)12-3/h8H,4-7H2,1-3H3,(H,10,11). The van der Waals surface area contributed by atoms with Gasteiger partial charge in [-0.25, -0.2) is 0 Å². The van der Waals surface area contributed by atoms with Crippen molar-refractivity contribution in [3.05, 3.63) is 0 Å². The first-order chi connectivity index (χ1) is 5.70. The van der Waals surface area contributed by atoms with Crippen LogP contribution in [-0.4, -0.2) is 25.7 Å². The summed E-state index contributed by atoms with van der Waals surface area (Å²) < 4.78 is 5.03. The molecule has 1 unspecified atom stereocenters. The minimum atomic E-state index is 0.126. The van der Waals surface area contributed by atoms with Crippen molar-refractivity contribution in [3.63, 3.8) is 0 Å². The molecule has 1 amide bonds. The molecule has 0 aliphatic heterocycles. The Balaban J connectivity index is 3.31. The molecular weight excluding hydrogens is 154 g/mol. The van der Waals surface area contributed by atoms with Gasteiger partial charge in [-0.05, 0) is 19.8 Å². The van der Waals surface area contributed by atoms with Crippen molar-refractivity contribution in [2.75, 3.05) is 13.7 Å². The van der Waals surface area contributed by atoms with Crippen LogP contribution < -0.4 is 5.32 Å². The monoisotopic (exact) mass is 173 g/mol. The van der Waals surface area contributed by atoms with E-state index in [1.54, 1.807) is 7.11 Å². The van der Waals surface area contributed by atoms with E-state index < -0.39 is 0 Å². The van der Waals surface area contributed by atoms with Crippen molar-refractivity contribution >= 4 is 5.91 Å². The zero-order valence-corrected chi connectivity index (χ0v) is 8.22. The molecule has 0 aromatic rings. The van der Waals surface area contributed by atoms with Crippen LogP contribution in [-0.2, 0) is 9.53 Å². The lowest BCUT2D eigenvalue weighted by atomic mass is 10.2. The minimum Gasteiger partial charge on any atom is -0.382 e. The largest absolute Gasteiger partial charge is 0.382 e. The normalized spacial score (nSPS) is 12.6. The average molecular weight is 173 g/mol. The molecule has 12 heavy (non-hydrogen) atoms.